The molecule has 0 rings (SSSR count). The summed E-state index contributed by atoms with van der Waals surface area (Å²) in [7, 11) is 0. The van der Waals surface area contributed by atoms with E-state index in [1.165, 1.54) is 6.20 Å². The van der Waals surface area contributed by atoms with Crippen LogP contribution in [0.5, 0.6) is 0 Å². The van der Waals surface area contributed by atoms with Crippen LogP contribution in [0.1, 0.15) is 34.6 Å². The average molecular weight is 156 g/mol. The maximum atomic E-state index is 5.09. The van der Waals surface area contributed by atoms with Crippen LogP contribution in [0.15, 0.2) is 17.4 Å². The van der Waals surface area contributed by atoms with Crippen molar-refractivity contribution in [2.75, 3.05) is 0 Å². The first-order valence-corrected chi connectivity index (χ1v) is 4.09. The predicted octanol–water partition coefficient (Wildman–Crippen LogP) is 2.56. The lowest BCUT2D eigenvalue weighted by Gasteiger charge is -1.99. The van der Waals surface area contributed by atoms with Gasteiger partial charge in [-0.3, -0.25) is 4.99 Å². The van der Waals surface area contributed by atoms with Crippen LogP contribution in [0.2, 0.25) is 0 Å². The van der Waals surface area contributed by atoms with Crippen molar-refractivity contribution in [1.82, 2.24) is 0 Å². The Morgan fingerprint density at radius 3 is 2.09 bits per heavy atom. The summed E-state index contributed by atoms with van der Waals surface area (Å²) in [5.74, 6) is 0.515. The lowest BCUT2D eigenvalue weighted by Crippen LogP contribution is -2.00. The number of rotatable bonds is 2. The number of aliphatic imine (C=N–C) groups is 1. The standard InChI is InChI=1S/C7H14N2.C2H6/c1-6(2)7(3)9-5-4-8;1-2/h4-6H,8H2,1-3H3;1-2H3/b5-4-,9-7?;. The fraction of sp³-hybridized carbons (Fsp3) is 0.667. The van der Waals surface area contributed by atoms with Gasteiger partial charge in [0.1, 0.15) is 0 Å². The molecule has 11 heavy (non-hydrogen) atoms. The van der Waals surface area contributed by atoms with E-state index in [9.17, 15) is 0 Å². The van der Waals surface area contributed by atoms with Crippen LogP contribution in [0.3, 0.4) is 0 Å². The molecular formula is C9H20N2. The SMILES string of the molecule is CC.CC(=N/C=C\N)C(C)C. The van der Waals surface area contributed by atoms with E-state index in [0.29, 0.717) is 5.92 Å². The zero-order valence-electron chi connectivity index (χ0n) is 8.26. The minimum atomic E-state index is 0.515. The van der Waals surface area contributed by atoms with Gasteiger partial charge in [-0.1, -0.05) is 27.7 Å². The van der Waals surface area contributed by atoms with E-state index in [4.69, 9.17) is 5.73 Å². The molecular weight excluding hydrogens is 136 g/mol. The summed E-state index contributed by atoms with van der Waals surface area (Å²) in [6.07, 6.45) is 3.04. The second-order valence-electron chi connectivity index (χ2n) is 2.27. The maximum Gasteiger partial charge on any atom is 0.0422 e. The van der Waals surface area contributed by atoms with Gasteiger partial charge in [0.2, 0.25) is 0 Å². The third-order valence-electron chi connectivity index (χ3n) is 1.20. The summed E-state index contributed by atoms with van der Waals surface area (Å²) in [5, 5.41) is 0. The van der Waals surface area contributed by atoms with Crippen molar-refractivity contribution in [3.05, 3.63) is 12.4 Å². The molecule has 0 unspecified atom stereocenters. The van der Waals surface area contributed by atoms with E-state index in [2.05, 4.69) is 18.8 Å². The Balaban J connectivity index is 0. The van der Waals surface area contributed by atoms with Crippen molar-refractivity contribution >= 4 is 5.71 Å². The fourth-order valence-corrected chi connectivity index (χ4v) is 0.310. The van der Waals surface area contributed by atoms with Gasteiger partial charge < -0.3 is 5.73 Å². The van der Waals surface area contributed by atoms with Gasteiger partial charge in [-0.2, -0.15) is 0 Å². The molecule has 2 N–H and O–H groups in total. The van der Waals surface area contributed by atoms with Gasteiger partial charge in [-0.25, -0.2) is 0 Å². The minimum absolute atomic E-state index is 0.515. The third kappa shape index (κ3) is 9.21. The molecule has 0 radical (unpaired) electrons. The first-order valence-electron chi connectivity index (χ1n) is 4.09. The first kappa shape index (κ1) is 12.8. The van der Waals surface area contributed by atoms with Crippen molar-refractivity contribution in [3.8, 4) is 0 Å². The Hall–Kier alpha value is -0.790. The lowest BCUT2D eigenvalue weighted by atomic mass is 10.1. The average Bonchev–Trinajstić information content (AvgIpc) is 2.03. The van der Waals surface area contributed by atoms with Gasteiger partial charge in [0.05, 0.1) is 0 Å². The van der Waals surface area contributed by atoms with Gasteiger partial charge in [-0.15, -0.1) is 0 Å². The number of nitrogens with zero attached hydrogens (tertiary/aromatic N) is 1. The Labute approximate surface area is 70.2 Å². The van der Waals surface area contributed by atoms with E-state index in [1.807, 2.05) is 20.8 Å². The molecule has 0 aliphatic carbocycles. The Bertz CT molecular complexity index is 124. The summed E-state index contributed by atoms with van der Waals surface area (Å²) in [5.41, 5.74) is 6.20. The summed E-state index contributed by atoms with van der Waals surface area (Å²) < 4.78 is 0. The van der Waals surface area contributed by atoms with Crippen molar-refractivity contribution in [2.24, 2.45) is 16.6 Å². The zero-order chi connectivity index (χ0) is 9.28. The van der Waals surface area contributed by atoms with Crippen LogP contribution in [0, 0.1) is 5.92 Å². The molecule has 0 saturated heterocycles. The summed E-state index contributed by atoms with van der Waals surface area (Å²) >= 11 is 0. The lowest BCUT2D eigenvalue weighted by molar-refractivity contribution is 0.878. The highest BCUT2D eigenvalue weighted by atomic mass is 14.7. The van der Waals surface area contributed by atoms with Gasteiger partial charge in [0, 0.05) is 18.1 Å². The first-order chi connectivity index (χ1) is 5.18. The topological polar surface area (TPSA) is 38.4 Å². The molecule has 0 aromatic rings. The van der Waals surface area contributed by atoms with Crippen molar-refractivity contribution < 1.29 is 0 Å². The molecule has 0 aromatic carbocycles. The Kier molecular flexibility index (Phi) is 10.8. The van der Waals surface area contributed by atoms with E-state index in [1.54, 1.807) is 6.20 Å². The molecule has 2 nitrogen and oxygen atoms in total. The highest BCUT2D eigenvalue weighted by molar-refractivity contribution is 5.84. The van der Waals surface area contributed by atoms with Gasteiger partial charge in [-0.05, 0) is 12.8 Å². The number of hydrogen-bond acceptors (Lipinski definition) is 2. The summed E-state index contributed by atoms with van der Waals surface area (Å²) in [6, 6.07) is 0. The molecule has 0 heterocycles. The van der Waals surface area contributed by atoms with E-state index in [-0.39, 0.29) is 0 Å². The van der Waals surface area contributed by atoms with Gasteiger partial charge in [0.25, 0.3) is 0 Å². The van der Waals surface area contributed by atoms with Crippen LogP contribution < -0.4 is 5.73 Å². The monoisotopic (exact) mass is 156 g/mol. The highest BCUT2D eigenvalue weighted by Crippen LogP contribution is 1.95. The molecule has 0 atom stereocenters. The van der Waals surface area contributed by atoms with Crippen molar-refractivity contribution in [1.29, 1.82) is 0 Å². The van der Waals surface area contributed by atoms with Crippen LogP contribution >= 0.6 is 0 Å². The molecule has 0 saturated carbocycles. The van der Waals surface area contributed by atoms with E-state index in [0.717, 1.165) is 5.71 Å². The molecule has 0 bridgehead atoms. The largest absolute Gasteiger partial charge is 0.403 e. The summed E-state index contributed by atoms with van der Waals surface area (Å²) in [6.45, 7) is 10.2. The Morgan fingerprint density at radius 2 is 1.82 bits per heavy atom. The second-order valence-corrected chi connectivity index (χ2v) is 2.27. The maximum absolute atomic E-state index is 5.09. The molecule has 0 spiro atoms. The molecule has 0 aromatic heterocycles. The van der Waals surface area contributed by atoms with E-state index >= 15 is 0 Å². The normalized spacial score (nSPS) is 11.6. The minimum Gasteiger partial charge on any atom is -0.403 e. The highest BCUT2D eigenvalue weighted by Gasteiger charge is 1.93. The third-order valence-corrected chi connectivity index (χ3v) is 1.20. The smallest absolute Gasteiger partial charge is 0.0422 e. The van der Waals surface area contributed by atoms with Crippen molar-refractivity contribution in [3.63, 3.8) is 0 Å². The van der Waals surface area contributed by atoms with Crippen molar-refractivity contribution in [2.45, 2.75) is 34.6 Å². The fourth-order valence-electron chi connectivity index (χ4n) is 0.310. The molecule has 2 heteroatoms. The predicted molar refractivity (Wildman–Crippen MR) is 52.6 cm³/mol. The van der Waals surface area contributed by atoms with Gasteiger partial charge >= 0.3 is 0 Å². The molecule has 0 aliphatic rings. The number of hydrogen-bond donors (Lipinski definition) is 1. The van der Waals surface area contributed by atoms with Crippen LogP contribution in [0.25, 0.3) is 0 Å². The molecule has 0 amide bonds. The second kappa shape index (κ2) is 9.21. The van der Waals surface area contributed by atoms with Gasteiger partial charge in [0.15, 0.2) is 0 Å². The molecule has 0 fully saturated rings. The Morgan fingerprint density at radius 1 is 1.36 bits per heavy atom. The van der Waals surface area contributed by atoms with E-state index < -0.39 is 0 Å². The van der Waals surface area contributed by atoms with Crippen LogP contribution in [-0.4, -0.2) is 5.71 Å². The van der Waals surface area contributed by atoms with Crippen LogP contribution in [0.4, 0.5) is 0 Å². The summed E-state index contributed by atoms with van der Waals surface area (Å²) in [4.78, 5) is 4.05. The molecule has 0 aliphatic heterocycles. The quantitative estimate of drug-likeness (QED) is 0.613. The zero-order valence-corrected chi connectivity index (χ0v) is 8.26. The number of nitrogens with two attached hydrogens (primary N) is 1. The van der Waals surface area contributed by atoms with Crippen LogP contribution in [-0.2, 0) is 0 Å². The molecule has 66 valence electrons.